The molecular weight excluding hydrogens is 264 g/mol. The van der Waals surface area contributed by atoms with Crippen molar-refractivity contribution in [3.05, 3.63) is 0 Å². The Hall–Kier alpha value is 0. The van der Waals surface area contributed by atoms with E-state index >= 15 is 0 Å². The Kier molecular flexibility index (Phi) is 7.78. The zero-order chi connectivity index (χ0) is 15.7. The van der Waals surface area contributed by atoms with Crippen molar-refractivity contribution in [3.8, 4) is 0 Å². The molecule has 2 aliphatic carbocycles. The Labute approximate surface area is 140 Å². The average Bonchev–Trinajstić information content (AvgIpc) is 2.57. The lowest BCUT2D eigenvalue weighted by Crippen LogP contribution is -2.45. The summed E-state index contributed by atoms with van der Waals surface area (Å²) in [5, 5.41) is 0. The molecule has 22 heavy (non-hydrogen) atoms. The van der Waals surface area contributed by atoms with Crippen molar-refractivity contribution in [1.82, 2.24) is 0 Å². The van der Waals surface area contributed by atoms with Crippen LogP contribution in [0.3, 0.4) is 0 Å². The van der Waals surface area contributed by atoms with Crippen LogP contribution in [-0.4, -0.2) is 0 Å². The van der Waals surface area contributed by atoms with Crippen LogP contribution in [0.5, 0.6) is 0 Å². The second-order valence-electron chi connectivity index (χ2n) is 8.60. The maximum absolute atomic E-state index is 2.37. The molecule has 2 aliphatic rings. The van der Waals surface area contributed by atoms with Gasteiger partial charge >= 0.3 is 0 Å². The van der Waals surface area contributed by atoms with E-state index < -0.39 is 0 Å². The summed E-state index contributed by atoms with van der Waals surface area (Å²) in [6.07, 6.45) is 27.3. The Bertz CT molecular complexity index is 248. The molecule has 0 unspecified atom stereocenters. The zero-order valence-corrected chi connectivity index (χ0v) is 15.7. The minimum atomic E-state index is 0.745. The van der Waals surface area contributed by atoms with Gasteiger partial charge in [-0.3, -0.25) is 0 Å². The van der Waals surface area contributed by atoms with Crippen molar-refractivity contribution in [1.29, 1.82) is 0 Å². The summed E-state index contributed by atoms with van der Waals surface area (Å²) in [6, 6.07) is 0. The van der Waals surface area contributed by atoms with Crippen molar-refractivity contribution in [2.75, 3.05) is 0 Å². The predicted octanol–water partition coefficient (Wildman–Crippen LogP) is 8.05. The first-order chi connectivity index (χ1) is 10.8. The monoisotopic (exact) mass is 306 g/mol. The fourth-order valence-corrected chi connectivity index (χ4v) is 5.97. The van der Waals surface area contributed by atoms with E-state index in [1.165, 1.54) is 77.0 Å². The third kappa shape index (κ3) is 4.30. The fourth-order valence-electron chi connectivity index (χ4n) is 5.97. The number of rotatable bonds is 9. The van der Waals surface area contributed by atoms with Gasteiger partial charge in [0.25, 0.3) is 0 Å². The fraction of sp³-hybridized carbons (Fsp3) is 1.00. The van der Waals surface area contributed by atoms with Gasteiger partial charge in [0.2, 0.25) is 0 Å². The van der Waals surface area contributed by atoms with Crippen LogP contribution in [0.15, 0.2) is 0 Å². The molecule has 0 heterocycles. The molecule has 2 saturated carbocycles. The lowest BCUT2D eigenvalue weighted by molar-refractivity contribution is -0.0514. The molecule has 0 aliphatic heterocycles. The summed E-state index contributed by atoms with van der Waals surface area (Å²) < 4.78 is 0. The summed E-state index contributed by atoms with van der Waals surface area (Å²) in [5.74, 6) is 0. The molecule has 130 valence electrons. The van der Waals surface area contributed by atoms with E-state index in [2.05, 4.69) is 13.8 Å². The third-order valence-corrected chi connectivity index (χ3v) is 7.26. The summed E-state index contributed by atoms with van der Waals surface area (Å²) in [6.45, 7) is 4.73. The second kappa shape index (κ2) is 9.33. The quantitative estimate of drug-likeness (QED) is 0.378. The Morgan fingerprint density at radius 3 is 1.18 bits per heavy atom. The van der Waals surface area contributed by atoms with Gasteiger partial charge in [-0.1, -0.05) is 90.9 Å². The Balaban J connectivity index is 2.13. The molecule has 0 aromatic rings. The molecule has 0 aromatic carbocycles. The molecule has 0 radical (unpaired) electrons. The highest BCUT2D eigenvalue weighted by atomic mass is 14.5. The minimum Gasteiger partial charge on any atom is -0.0654 e. The van der Waals surface area contributed by atoms with Crippen LogP contribution in [0.1, 0.15) is 129 Å². The first-order valence-corrected chi connectivity index (χ1v) is 10.8. The maximum Gasteiger partial charge on any atom is -0.0241 e. The van der Waals surface area contributed by atoms with Gasteiger partial charge in [0.05, 0.1) is 0 Å². The summed E-state index contributed by atoms with van der Waals surface area (Å²) in [7, 11) is 0. The van der Waals surface area contributed by atoms with Crippen molar-refractivity contribution in [3.63, 3.8) is 0 Å². The normalized spacial score (nSPS) is 24.3. The van der Waals surface area contributed by atoms with Gasteiger partial charge in [-0.05, 0) is 49.4 Å². The van der Waals surface area contributed by atoms with E-state index in [0.29, 0.717) is 0 Å². The minimum absolute atomic E-state index is 0.745. The zero-order valence-electron chi connectivity index (χ0n) is 15.7. The van der Waals surface area contributed by atoms with Crippen LogP contribution in [0.4, 0.5) is 0 Å². The van der Waals surface area contributed by atoms with E-state index in [1.54, 1.807) is 38.5 Å². The van der Waals surface area contributed by atoms with Crippen LogP contribution >= 0.6 is 0 Å². The highest BCUT2D eigenvalue weighted by molar-refractivity contribution is 5.00. The number of hydrogen-bond acceptors (Lipinski definition) is 0. The first kappa shape index (κ1) is 18.3. The topological polar surface area (TPSA) is 0 Å². The predicted molar refractivity (Wildman–Crippen MR) is 99.3 cm³/mol. The van der Waals surface area contributed by atoms with Gasteiger partial charge in [0.1, 0.15) is 0 Å². The van der Waals surface area contributed by atoms with Crippen molar-refractivity contribution in [2.45, 2.75) is 129 Å². The maximum atomic E-state index is 2.37. The van der Waals surface area contributed by atoms with E-state index in [1.807, 2.05) is 0 Å². The lowest BCUT2D eigenvalue weighted by Gasteiger charge is -2.56. The van der Waals surface area contributed by atoms with Gasteiger partial charge in [0, 0.05) is 0 Å². The standard InChI is InChI=1S/C22H42/c1-3-5-9-15-21(17-11-7-12-18-21)22(16-10-6-4-2)19-13-8-14-20-22/h3-20H2,1-2H3. The van der Waals surface area contributed by atoms with Gasteiger partial charge in [-0.15, -0.1) is 0 Å². The summed E-state index contributed by atoms with van der Waals surface area (Å²) in [4.78, 5) is 0. The Morgan fingerprint density at radius 2 is 0.864 bits per heavy atom. The van der Waals surface area contributed by atoms with Crippen LogP contribution < -0.4 is 0 Å². The van der Waals surface area contributed by atoms with E-state index in [9.17, 15) is 0 Å². The lowest BCUT2D eigenvalue weighted by atomic mass is 9.49. The van der Waals surface area contributed by atoms with Gasteiger partial charge in [-0.25, -0.2) is 0 Å². The third-order valence-electron chi connectivity index (χ3n) is 7.26. The molecule has 0 atom stereocenters. The average molecular weight is 307 g/mol. The van der Waals surface area contributed by atoms with Crippen LogP contribution in [0, 0.1) is 10.8 Å². The van der Waals surface area contributed by atoms with Crippen LogP contribution in [0.25, 0.3) is 0 Å². The second-order valence-corrected chi connectivity index (χ2v) is 8.60. The highest BCUT2D eigenvalue weighted by Gasteiger charge is 2.50. The Morgan fingerprint density at radius 1 is 0.500 bits per heavy atom. The van der Waals surface area contributed by atoms with Crippen molar-refractivity contribution >= 4 is 0 Å². The van der Waals surface area contributed by atoms with E-state index in [4.69, 9.17) is 0 Å². The van der Waals surface area contributed by atoms with Crippen LogP contribution in [0.2, 0.25) is 0 Å². The van der Waals surface area contributed by atoms with E-state index in [-0.39, 0.29) is 0 Å². The largest absolute Gasteiger partial charge is 0.0654 e. The molecule has 0 spiro atoms. The molecule has 0 bridgehead atoms. The molecule has 0 saturated heterocycles. The molecule has 0 heteroatoms. The molecule has 2 fully saturated rings. The first-order valence-electron chi connectivity index (χ1n) is 10.8. The molecule has 2 rings (SSSR count). The van der Waals surface area contributed by atoms with Crippen molar-refractivity contribution < 1.29 is 0 Å². The molecule has 0 aromatic heterocycles. The number of hydrogen-bond donors (Lipinski definition) is 0. The molecule has 0 nitrogen and oxygen atoms in total. The summed E-state index contributed by atoms with van der Waals surface area (Å²) in [5.41, 5.74) is 1.49. The van der Waals surface area contributed by atoms with E-state index in [0.717, 1.165) is 10.8 Å². The van der Waals surface area contributed by atoms with Crippen LogP contribution in [-0.2, 0) is 0 Å². The molecule has 0 N–H and O–H groups in total. The van der Waals surface area contributed by atoms with Gasteiger partial charge in [0.15, 0.2) is 0 Å². The SMILES string of the molecule is CCCCCC1(C2(CCCCC)CCCCC2)CCCCC1. The van der Waals surface area contributed by atoms with Gasteiger partial charge < -0.3 is 0 Å². The highest BCUT2D eigenvalue weighted by Crippen LogP contribution is 2.61. The number of unbranched alkanes of at least 4 members (excludes halogenated alkanes) is 4. The van der Waals surface area contributed by atoms with Gasteiger partial charge in [-0.2, -0.15) is 0 Å². The molecule has 0 amide bonds. The summed E-state index contributed by atoms with van der Waals surface area (Å²) >= 11 is 0. The smallest absolute Gasteiger partial charge is 0.0241 e. The molecular formula is C22H42. The van der Waals surface area contributed by atoms with Crippen molar-refractivity contribution in [2.24, 2.45) is 10.8 Å².